The predicted molar refractivity (Wildman–Crippen MR) is 27.9 cm³/mol. The van der Waals surface area contributed by atoms with Crippen LogP contribution in [0.5, 0.6) is 0 Å². The van der Waals surface area contributed by atoms with Gasteiger partial charge in [0.05, 0.1) is 0 Å². The third kappa shape index (κ3) is 5.44. The molecule has 0 spiro atoms. The molecule has 0 aromatic carbocycles. The molecule has 0 aliphatic carbocycles. The van der Waals surface area contributed by atoms with Crippen LogP contribution >= 0.6 is 0 Å². The van der Waals surface area contributed by atoms with E-state index in [-0.39, 0.29) is 0 Å². The Kier molecular flexibility index (Phi) is 3.22. The van der Waals surface area contributed by atoms with E-state index < -0.39 is 22.9 Å². The highest BCUT2D eigenvalue weighted by Gasteiger charge is 2.06. The first-order chi connectivity index (χ1) is 4.45. The largest absolute Gasteiger partial charge is 0.418 e. The lowest BCUT2D eigenvalue weighted by molar-refractivity contribution is -0.130. The van der Waals surface area contributed by atoms with Gasteiger partial charge >= 0.3 is 10.4 Å². The second-order valence-electron chi connectivity index (χ2n) is 1.19. The standard InChI is InChI=1S/C2H5NO6S/c4-1-2(5)3-9-10(6,7)8/h4H,1H2,(H,3,5)(H,6,7,8). The van der Waals surface area contributed by atoms with Crippen LogP contribution in [-0.2, 0) is 19.5 Å². The van der Waals surface area contributed by atoms with Gasteiger partial charge in [-0.25, -0.2) is 5.48 Å². The Balaban J connectivity index is 3.67. The van der Waals surface area contributed by atoms with Gasteiger partial charge in [-0.05, 0) is 0 Å². The van der Waals surface area contributed by atoms with E-state index >= 15 is 0 Å². The van der Waals surface area contributed by atoms with Crippen molar-refractivity contribution < 1.29 is 27.2 Å². The van der Waals surface area contributed by atoms with Gasteiger partial charge in [0.15, 0.2) is 0 Å². The van der Waals surface area contributed by atoms with E-state index in [0.29, 0.717) is 0 Å². The van der Waals surface area contributed by atoms with Gasteiger partial charge in [-0.3, -0.25) is 9.35 Å². The molecule has 8 heteroatoms. The molecule has 0 radical (unpaired) electrons. The highest BCUT2D eigenvalue weighted by molar-refractivity contribution is 7.80. The van der Waals surface area contributed by atoms with Gasteiger partial charge in [0, 0.05) is 0 Å². The first kappa shape index (κ1) is 9.30. The Morgan fingerprint density at radius 2 is 2.10 bits per heavy atom. The number of hydrogen-bond donors (Lipinski definition) is 3. The zero-order valence-electron chi connectivity index (χ0n) is 4.64. The smallest absolute Gasteiger partial charge is 0.386 e. The Bertz CT molecular complexity index is 206. The van der Waals surface area contributed by atoms with E-state index in [1.165, 1.54) is 5.48 Å². The normalized spacial score (nSPS) is 11.0. The fourth-order valence-corrected chi connectivity index (χ4v) is 0.330. The minimum Gasteiger partial charge on any atom is -0.386 e. The van der Waals surface area contributed by atoms with Gasteiger partial charge in [0.2, 0.25) is 0 Å². The van der Waals surface area contributed by atoms with Crippen molar-refractivity contribution in [1.82, 2.24) is 5.48 Å². The third-order valence-electron chi connectivity index (χ3n) is 0.404. The van der Waals surface area contributed by atoms with Gasteiger partial charge in [0.1, 0.15) is 6.61 Å². The summed E-state index contributed by atoms with van der Waals surface area (Å²) in [5.41, 5.74) is 1.25. The van der Waals surface area contributed by atoms with Crippen molar-refractivity contribution in [2.45, 2.75) is 0 Å². The molecule has 0 rings (SSSR count). The van der Waals surface area contributed by atoms with Gasteiger partial charge in [-0.1, -0.05) is 0 Å². The van der Waals surface area contributed by atoms with Crippen LogP contribution in [0.15, 0.2) is 0 Å². The Morgan fingerprint density at radius 3 is 2.40 bits per heavy atom. The molecular formula is C2H5NO6S. The molecule has 10 heavy (non-hydrogen) atoms. The lowest BCUT2D eigenvalue weighted by Gasteiger charge is -1.97. The van der Waals surface area contributed by atoms with Crippen molar-refractivity contribution in [3.05, 3.63) is 0 Å². The van der Waals surface area contributed by atoms with Crippen LogP contribution in [0.1, 0.15) is 0 Å². The van der Waals surface area contributed by atoms with Crippen LogP contribution in [0, 0.1) is 0 Å². The molecule has 0 aliphatic rings. The summed E-state index contributed by atoms with van der Waals surface area (Å²) >= 11 is 0. The fourth-order valence-electron chi connectivity index (χ4n) is 0.131. The molecule has 0 fully saturated rings. The van der Waals surface area contributed by atoms with E-state index in [1.807, 2.05) is 0 Å². The van der Waals surface area contributed by atoms with Crippen molar-refractivity contribution in [2.24, 2.45) is 0 Å². The summed E-state index contributed by atoms with van der Waals surface area (Å²) in [6, 6.07) is 0. The van der Waals surface area contributed by atoms with Crippen LogP contribution in [0.2, 0.25) is 0 Å². The number of aliphatic hydroxyl groups excluding tert-OH is 1. The average molecular weight is 171 g/mol. The number of carbonyl (C=O) groups is 1. The van der Waals surface area contributed by atoms with E-state index in [1.54, 1.807) is 0 Å². The second-order valence-corrected chi connectivity index (χ2v) is 2.22. The number of carbonyl (C=O) groups excluding carboxylic acids is 1. The van der Waals surface area contributed by atoms with Crippen LogP contribution in [0.4, 0.5) is 0 Å². The summed E-state index contributed by atoms with van der Waals surface area (Å²) in [5.74, 6) is -1.07. The molecule has 0 saturated heterocycles. The number of rotatable bonds is 3. The molecular weight excluding hydrogens is 166 g/mol. The minimum absolute atomic E-state index is 0.921. The molecule has 60 valence electrons. The molecule has 0 saturated carbocycles. The lowest BCUT2D eigenvalue weighted by atomic mass is 10.7. The minimum atomic E-state index is -4.67. The number of hydroxylamine groups is 1. The fraction of sp³-hybridized carbons (Fsp3) is 0.500. The highest BCUT2D eigenvalue weighted by Crippen LogP contribution is 1.78. The van der Waals surface area contributed by atoms with Crippen LogP contribution in [-0.4, -0.2) is 30.6 Å². The van der Waals surface area contributed by atoms with Crippen molar-refractivity contribution >= 4 is 16.3 Å². The summed E-state index contributed by atoms with van der Waals surface area (Å²) in [5, 5.41) is 7.96. The van der Waals surface area contributed by atoms with Crippen LogP contribution in [0.25, 0.3) is 0 Å². The van der Waals surface area contributed by atoms with Crippen molar-refractivity contribution in [3.63, 3.8) is 0 Å². The molecule has 7 nitrogen and oxygen atoms in total. The molecule has 0 unspecified atom stereocenters. The molecule has 3 N–H and O–H groups in total. The van der Waals surface area contributed by atoms with E-state index in [0.717, 1.165) is 0 Å². The number of aliphatic hydroxyl groups is 1. The maximum atomic E-state index is 10.00. The summed E-state index contributed by atoms with van der Waals surface area (Å²) in [4.78, 5) is 10.00. The molecule has 0 heterocycles. The van der Waals surface area contributed by atoms with E-state index in [4.69, 9.17) is 9.66 Å². The average Bonchev–Trinajstić information content (AvgIpc) is 1.81. The van der Waals surface area contributed by atoms with Crippen LogP contribution in [0.3, 0.4) is 0 Å². The predicted octanol–water partition coefficient (Wildman–Crippen LogP) is -2.17. The topological polar surface area (TPSA) is 113 Å². The van der Waals surface area contributed by atoms with Crippen molar-refractivity contribution in [2.75, 3.05) is 6.61 Å². The third-order valence-corrected chi connectivity index (χ3v) is 0.698. The molecule has 0 aromatic heterocycles. The maximum absolute atomic E-state index is 10.00. The zero-order valence-corrected chi connectivity index (χ0v) is 5.46. The zero-order chi connectivity index (χ0) is 8.20. The first-order valence-electron chi connectivity index (χ1n) is 2.01. The summed E-state index contributed by atoms with van der Waals surface area (Å²) in [6.45, 7) is -0.921. The Morgan fingerprint density at radius 1 is 1.60 bits per heavy atom. The number of hydrogen-bond acceptors (Lipinski definition) is 5. The Hall–Kier alpha value is -0.700. The van der Waals surface area contributed by atoms with Gasteiger partial charge in [-0.2, -0.15) is 8.42 Å². The van der Waals surface area contributed by atoms with Gasteiger partial charge in [0.25, 0.3) is 5.91 Å². The summed E-state index contributed by atoms with van der Waals surface area (Å²) in [7, 11) is -4.67. The summed E-state index contributed by atoms with van der Waals surface area (Å²) < 4.78 is 30.5. The Labute approximate surface area is 56.5 Å². The van der Waals surface area contributed by atoms with E-state index in [2.05, 4.69) is 4.28 Å². The first-order valence-corrected chi connectivity index (χ1v) is 3.38. The monoisotopic (exact) mass is 171 g/mol. The maximum Gasteiger partial charge on any atom is 0.418 e. The molecule has 0 aromatic rings. The van der Waals surface area contributed by atoms with Crippen molar-refractivity contribution in [3.8, 4) is 0 Å². The van der Waals surface area contributed by atoms with Crippen LogP contribution < -0.4 is 5.48 Å². The second kappa shape index (κ2) is 3.46. The number of amides is 1. The lowest BCUT2D eigenvalue weighted by Crippen LogP contribution is -2.28. The SMILES string of the molecule is O=C(CO)NOS(=O)(=O)O. The van der Waals surface area contributed by atoms with Gasteiger partial charge in [-0.15, -0.1) is 4.28 Å². The molecule has 0 bridgehead atoms. The highest BCUT2D eigenvalue weighted by atomic mass is 32.3. The summed E-state index contributed by atoms with van der Waals surface area (Å²) in [6.07, 6.45) is 0. The van der Waals surface area contributed by atoms with Gasteiger partial charge < -0.3 is 5.11 Å². The van der Waals surface area contributed by atoms with Crippen molar-refractivity contribution in [1.29, 1.82) is 0 Å². The quantitative estimate of drug-likeness (QED) is 0.329. The van der Waals surface area contributed by atoms with E-state index in [9.17, 15) is 13.2 Å². The molecule has 0 atom stereocenters. The molecule has 0 aliphatic heterocycles. The molecule has 1 amide bonds. The number of nitrogens with one attached hydrogen (secondary N) is 1.